The van der Waals surface area contributed by atoms with E-state index in [0.29, 0.717) is 6.61 Å². The molecule has 2 nitrogen and oxygen atoms in total. The first-order chi connectivity index (χ1) is 7.11. The second kappa shape index (κ2) is 5.89. The monoisotopic (exact) mass is 226 g/mol. The summed E-state index contributed by atoms with van der Waals surface area (Å²) in [6.45, 7) is 4.24. The molecule has 0 aliphatic rings. The van der Waals surface area contributed by atoms with Crippen LogP contribution in [0.1, 0.15) is 19.4 Å². The van der Waals surface area contributed by atoms with E-state index in [1.54, 1.807) is 0 Å². The molecule has 1 rings (SSSR count). The Morgan fingerprint density at radius 3 is 2.40 bits per heavy atom. The first kappa shape index (κ1) is 12.2. The normalized spacial score (nSPS) is 12.8. The molecule has 1 atom stereocenters. The van der Waals surface area contributed by atoms with Crippen molar-refractivity contribution in [1.29, 1.82) is 0 Å². The van der Waals surface area contributed by atoms with Gasteiger partial charge in [0.25, 0.3) is 5.24 Å². The molecule has 0 aromatic heterocycles. The highest BCUT2D eigenvalue weighted by Crippen LogP contribution is 2.12. The molecule has 0 radical (unpaired) electrons. The maximum absolute atomic E-state index is 11.0. The molecule has 0 bridgehead atoms. The Hall–Kier alpha value is -0.860. The topological polar surface area (TPSA) is 26.3 Å². The van der Waals surface area contributed by atoms with Gasteiger partial charge < -0.3 is 4.74 Å². The zero-order valence-corrected chi connectivity index (χ0v) is 9.70. The molecular weight excluding hydrogens is 212 g/mol. The van der Waals surface area contributed by atoms with E-state index in [1.807, 2.05) is 44.2 Å². The van der Waals surface area contributed by atoms with Crippen molar-refractivity contribution in [2.45, 2.75) is 26.6 Å². The van der Waals surface area contributed by atoms with E-state index in [9.17, 15) is 4.79 Å². The second-order valence-electron chi connectivity index (χ2n) is 3.77. The molecule has 1 aromatic rings. The highest BCUT2D eigenvalue weighted by molar-refractivity contribution is 6.64. The van der Waals surface area contributed by atoms with E-state index in [4.69, 9.17) is 16.3 Å². The van der Waals surface area contributed by atoms with Gasteiger partial charge in [0.05, 0.1) is 6.61 Å². The van der Waals surface area contributed by atoms with Crippen molar-refractivity contribution < 1.29 is 9.53 Å². The van der Waals surface area contributed by atoms with Crippen LogP contribution in [0.3, 0.4) is 0 Å². The van der Waals surface area contributed by atoms with Gasteiger partial charge in [-0.15, -0.1) is 0 Å². The van der Waals surface area contributed by atoms with Crippen LogP contribution in [-0.2, 0) is 16.1 Å². The van der Waals surface area contributed by atoms with Crippen LogP contribution in [-0.4, -0.2) is 11.3 Å². The Labute approximate surface area is 95.2 Å². The molecule has 0 fully saturated rings. The van der Waals surface area contributed by atoms with Crippen molar-refractivity contribution in [2.24, 2.45) is 5.92 Å². The molecular formula is C12H15ClO2. The quantitative estimate of drug-likeness (QED) is 0.722. The minimum atomic E-state index is -0.521. The third kappa shape index (κ3) is 4.02. The smallest absolute Gasteiger partial charge is 0.250 e. The minimum absolute atomic E-state index is 0.0960. The van der Waals surface area contributed by atoms with Crippen LogP contribution in [0.2, 0.25) is 0 Å². The van der Waals surface area contributed by atoms with Crippen LogP contribution in [0, 0.1) is 5.92 Å². The maximum Gasteiger partial charge on any atom is 0.250 e. The highest BCUT2D eigenvalue weighted by atomic mass is 35.5. The number of ether oxygens (including phenoxy) is 1. The summed E-state index contributed by atoms with van der Waals surface area (Å²) in [6, 6.07) is 9.72. The summed E-state index contributed by atoms with van der Waals surface area (Å²) in [7, 11) is 0. The van der Waals surface area contributed by atoms with Gasteiger partial charge in [-0.05, 0) is 23.1 Å². The number of carbonyl (C=O) groups is 1. The predicted molar refractivity (Wildman–Crippen MR) is 60.7 cm³/mol. The van der Waals surface area contributed by atoms with Crippen LogP contribution in [0.15, 0.2) is 30.3 Å². The van der Waals surface area contributed by atoms with E-state index in [1.165, 1.54) is 0 Å². The summed E-state index contributed by atoms with van der Waals surface area (Å²) >= 11 is 5.44. The number of hydrogen-bond acceptors (Lipinski definition) is 2. The van der Waals surface area contributed by atoms with E-state index >= 15 is 0 Å². The summed E-state index contributed by atoms with van der Waals surface area (Å²) in [5, 5.41) is -0.430. The van der Waals surface area contributed by atoms with Crippen molar-refractivity contribution in [3.05, 3.63) is 35.9 Å². The van der Waals surface area contributed by atoms with E-state index in [0.717, 1.165) is 5.56 Å². The van der Waals surface area contributed by atoms with Gasteiger partial charge in [0, 0.05) is 0 Å². The van der Waals surface area contributed by atoms with Crippen molar-refractivity contribution in [2.75, 3.05) is 0 Å². The molecule has 3 heteroatoms. The van der Waals surface area contributed by atoms with E-state index < -0.39 is 11.3 Å². The first-order valence-electron chi connectivity index (χ1n) is 4.96. The molecule has 1 aromatic carbocycles. The van der Waals surface area contributed by atoms with Gasteiger partial charge in [0.15, 0.2) is 0 Å². The van der Waals surface area contributed by atoms with Gasteiger partial charge in [-0.3, -0.25) is 4.79 Å². The van der Waals surface area contributed by atoms with Crippen LogP contribution in [0.5, 0.6) is 0 Å². The summed E-state index contributed by atoms with van der Waals surface area (Å²) < 4.78 is 5.47. The molecule has 0 amide bonds. The first-order valence-corrected chi connectivity index (χ1v) is 5.34. The van der Waals surface area contributed by atoms with Crippen molar-refractivity contribution in [3.8, 4) is 0 Å². The van der Waals surface area contributed by atoms with Gasteiger partial charge in [0.2, 0.25) is 0 Å². The Balaban J connectivity index is 2.51. The van der Waals surface area contributed by atoms with Gasteiger partial charge in [-0.25, -0.2) is 0 Å². The van der Waals surface area contributed by atoms with Crippen LogP contribution in [0.4, 0.5) is 0 Å². The Kier molecular flexibility index (Phi) is 4.79. The van der Waals surface area contributed by atoms with E-state index in [2.05, 4.69) is 0 Å². The standard InChI is InChI=1S/C12H15ClO2/c1-9(2)11(12(13)14)15-8-10-6-4-3-5-7-10/h3-7,9,11H,8H2,1-2H3. The lowest BCUT2D eigenvalue weighted by molar-refractivity contribution is -0.126. The van der Waals surface area contributed by atoms with Crippen molar-refractivity contribution in [1.82, 2.24) is 0 Å². The Bertz CT molecular complexity index is 309. The number of carbonyl (C=O) groups excluding carboxylic acids is 1. The van der Waals surface area contributed by atoms with Gasteiger partial charge in [-0.1, -0.05) is 44.2 Å². The van der Waals surface area contributed by atoms with Crippen LogP contribution >= 0.6 is 11.6 Å². The van der Waals surface area contributed by atoms with Gasteiger partial charge in [-0.2, -0.15) is 0 Å². The highest BCUT2D eigenvalue weighted by Gasteiger charge is 2.20. The van der Waals surface area contributed by atoms with Crippen molar-refractivity contribution in [3.63, 3.8) is 0 Å². The van der Waals surface area contributed by atoms with Gasteiger partial charge >= 0.3 is 0 Å². The van der Waals surface area contributed by atoms with Gasteiger partial charge in [0.1, 0.15) is 6.10 Å². The Morgan fingerprint density at radius 1 is 1.33 bits per heavy atom. The van der Waals surface area contributed by atoms with Crippen LogP contribution in [0.25, 0.3) is 0 Å². The fraction of sp³-hybridized carbons (Fsp3) is 0.417. The number of benzene rings is 1. The number of halogens is 1. The lowest BCUT2D eigenvalue weighted by atomic mass is 10.1. The molecule has 15 heavy (non-hydrogen) atoms. The SMILES string of the molecule is CC(C)C(OCc1ccccc1)C(=O)Cl. The molecule has 0 N–H and O–H groups in total. The second-order valence-corrected chi connectivity index (χ2v) is 4.14. The summed E-state index contributed by atoms with van der Waals surface area (Å²) in [4.78, 5) is 11.0. The maximum atomic E-state index is 11.0. The molecule has 82 valence electrons. The zero-order valence-electron chi connectivity index (χ0n) is 8.94. The zero-order chi connectivity index (χ0) is 11.3. The minimum Gasteiger partial charge on any atom is -0.364 e. The lowest BCUT2D eigenvalue weighted by Crippen LogP contribution is -2.26. The van der Waals surface area contributed by atoms with E-state index in [-0.39, 0.29) is 5.92 Å². The Morgan fingerprint density at radius 2 is 1.93 bits per heavy atom. The number of hydrogen-bond donors (Lipinski definition) is 0. The van der Waals surface area contributed by atoms with Crippen molar-refractivity contribution >= 4 is 16.8 Å². The summed E-state index contributed by atoms with van der Waals surface area (Å²) in [5.41, 5.74) is 1.04. The largest absolute Gasteiger partial charge is 0.364 e. The summed E-state index contributed by atoms with van der Waals surface area (Å²) in [5.74, 6) is 0.0960. The molecule has 0 aliphatic carbocycles. The molecule has 0 saturated heterocycles. The summed E-state index contributed by atoms with van der Waals surface area (Å²) in [6.07, 6.45) is -0.521. The molecule has 0 saturated carbocycles. The fourth-order valence-electron chi connectivity index (χ4n) is 1.28. The molecule has 1 unspecified atom stereocenters. The van der Waals surface area contributed by atoms with Crippen LogP contribution < -0.4 is 0 Å². The molecule has 0 spiro atoms. The molecule has 0 heterocycles. The number of rotatable bonds is 5. The average molecular weight is 227 g/mol. The third-order valence-electron chi connectivity index (χ3n) is 2.10. The fourth-order valence-corrected chi connectivity index (χ4v) is 1.60. The average Bonchev–Trinajstić information content (AvgIpc) is 2.18. The third-order valence-corrected chi connectivity index (χ3v) is 2.32. The lowest BCUT2D eigenvalue weighted by Gasteiger charge is -2.17. The predicted octanol–water partition coefficient (Wildman–Crippen LogP) is 2.99. The molecule has 0 aliphatic heterocycles.